The van der Waals surface area contributed by atoms with E-state index in [1.165, 1.54) is 0 Å². The van der Waals surface area contributed by atoms with E-state index in [1.54, 1.807) is 4.90 Å². The SMILES string of the molecule is C[C@H]1CNC(=O)C2CCCC1N2C(=O)OCc1ccccc1. The van der Waals surface area contributed by atoms with Crippen molar-refractivity contribution in [1.82, 2.24) is 10.2 Å². The number of rotatable bonds is 2. The molecule has 2 aliphatic rings. The van der Waals surface area contributed by atoms with Gasteiger partial charge in [0, 0.05) is 12.6 Å². The minimum atomic E-state index is -0.382. The maximum atomic E-state index is 12.6. The molecule has 0 radical (unpaired) electrons. The molecule has 2 fully saturated rings. The molecule has 2 bridgehead atoms. The predicted molar refractivity (Wildman–Crippen MR) is 82.1 cm³/mol. The maximum Gasteiger partial charge on any atom is 0.411 e. The van der Waals surface area contributed by atoms with Crippen LogP contribution in [0.1, 0.15) is 31.7 Å². The lowest BCUT2D eigenvalue weighted by molar-refractivity contribution is -0.126. The van der Waals surface area contributed by atoms with Crippen molar-refractivity contribution >= 4 is 12.0 Å². The highest BCUT2D eigenvalue weighted by molar-refractivity contribution is 5.86. The molecule has 3 rings (SSSR count). The van der Waals surface area contributed by atoms with Gasteiger partial charge in [0.15, 0.2) is 0 Å². The number of hydrogen-bond donors (Lipinski definition) is 1. The first-order valence-electron chi connectivity index (χ1n) is 7.93. The van der Waals surface area contributed by atoms with Crippen molar-refractivity contribution < 1.29 is 14.3 Å². The van der Waals surface area contributed by atoms with Crippen LogP contribution in [0.3, 0.4) is 0 Å². The molecule has 1 N–H and O–H groups in total. The number of benzene rings is 1. The van der Waals surface area contributed by atoms with Crippen molar-refractivity contribution in [1.29, 1.82) is 0 Å². The van der Waals surface area contributed by atoms with Gasteiger partial charge >= 0.3 is 6.09 Å². The molecule has 2 aliphatic heterocycles. The van der Waals surface area contributed by atoms with Crippen LogP contribution in [0.2, 0.25) is 0 Å². The number of hydrogen-bond acceptors (Lipinski definition) is 3. The average Bonchev–Trinajstić information content (AvgIpc) is 2.63. The average molecular weight is 302 g/mol. The molecule has 0 saturated carbocycles. The van der Waals surface area contributed by atoms with Gasteiger partial charge in [-0.25, -0.2) is 4.79 Å². The Morgan fingerprint density at radius 3 is 2.86 bits per heavy atom. The highest BCUT2D eigenvalue weighted by Crippen LogP contribution is 2.30. The van der Waals surface area contributed by atoms with Gasteiger partial charge in [-0.2, -0.15) is 0 Å². The fraction of sp³-hybridized carbons (Fsp3) is 0.529. The number of nitrogens with one attached hydrogen (secondary N) is 1. The molecular weight excluding hydrogens is 280 g/mol. The van der Waals surface area contributed by atoms with E-state index in [-0.39, 0.29) is 36.6 Å². The molecule has 5 nitrogen and oxygen atoms in total. The molecule has 22 heavy (non-hydrogen) atoms. The van der Waals surface area contributed by atoms with E-state index in [9.17, 15) is 9.59 Å². The van der Waals surface area contributed by atoms with Gasteiger partial charge in [-0.1, -0.05) is 37.3 Å². The standard InChI is InChI=1S/C17H22N2O3/c1-12-10-18-16(20)15-9-5-8-14(12)19(15)17(21)22-11-13-6-3-2-4-7-13/h2-4,6-7,12,14-15H,5,8-11H2,1H3,(H,18,20)/t12-,14?,15?/m0/s1. The van der Waals surface area contributed by atoms with Crippen LogP contribution in [0.5, 0.6) is 0 Å². The Kier molecular flexibility index (Phi) is 4.32. The zero-order valence-corrected chi connectivity index (χ0v) is 12.8. The molecule has 1 aromatic carbocycles. The van der Waals surface area contributed by atoms with Crippen molar-refractivity contribution in [2.45, 2.75) is 44.9 Å². The normalized spacial score (nSPS) is 27.8. The lowest BCUT2D eigenvalue weighted by atomic mass is 9.89. The Balaban J connectivity index is 1.73. The van der Waals surface area contributed by atoms with Gasteiger partial charge in [0.1, 0.15) is 12.6 Å². The number of carbonyl (C=O) groups is 2. The largest absolute Gasteiger partial charge is 0.445 e. The molecule has 118 valence electrons. The molecule has 2 heterocycles. The third-order valence-corrected chi connectivity index (χ3v) is 4.64. The second-order valence-electron chi connectivity index (χ2n) is 6.18. The smallest absolute Gasteiger partial charge is 0.411 e. The Bertz CT molecular complexity index is 546. The van der Waals surface area contributed by atoms with E-state index in [1.807, 2.05) is 30.3 Å². The van der Waals surface area contributed by atoms with Gasteiger partial charge in [-0.15, -0.1) is 0 Å². The van der Waals surface area contributed by atoms with Crippen molar-refractivity contribution in [3.63, 3.8) is 0 Å². The summed E-state index contributed by atoms with van der Waals surface area (Å²) in [5.41, 5.74) is 0.952. The highest BCUT2D eigenvalue weighted by atomic mass is 16.6. The van der Waals surface area contributed by atoms with Crippen LogP contribution in [0.4, 0.5) is 4.79 Å². The van der Waals surface area contributed by atoms with Crippen molar-refractivity contribution in [2.75, 3.05) is 6.54 Å². The van der Waals surface area contributed by atoms with E-state index in [4.69, 9.17) is 4.74 Å². The molecule has 2 unspecified atom stereocenters. The number of nitrogens with zero attached hydrogens (tertiary/aromatic N) is 1. The lowest BCUT2D eigenvalue weighted by Gasteiger charge is -2.40. The van der Waals surface area contributed by atoms with Gasteiger partial charge in [-0.05, 0) is 30.7 Å². The first-order chi connectivity index (χ1) is 10.7. The van der Waals surface area contributed by atoms with Crippen molar-refractivity contribution in [3.05, 3.63) is 35.9 Å². The van der Waals surface area contributed by atoms with Crippen LogP contribution < -0.4 is 5.32 Å². The molecule has 5 heteroatoms. The van der Waals surface area contributed by atoms with Crippen molar-refractivity contribution in [2.24, 2.45) is 5.92 Å². The molecule has 2 saturated heterocycles. The molecule has 1 aromatic rings. The van der Waals surface area contributed by atoms with E-state index in [2.05, 4.69) is 12.2 Å². The fourth-order valence-corrected chi connectivity index (χ4v) is 3.42. The first kappa shape index (κ1) is 14.9. The summed E-state index contributed by atoms with van der Waals surface area (Å²) in [7, 11) is 0. The molecule has 0 spiro atoms. The van der Waals surface area contributed by atoms with Gasteiger partial charge in [0.05, 0.1) is 0 Å². The summed E-state index contributed by atoms with van der Waals surface area (Å²) in [5.74, 6) is 0.198. The van der Waals surface area contributed by atoms with Gasteiger partial charge in [0.25, 0.3) is 0 Å². The topological polar surface area (TPSA) is 58.6 Å². The first-order valence-corrected chi connectivity index (χ1v) is 7.93. The second-order valence-corrected chi connectivity index (χ2v) is 6.18. The second kappa shape index (κ2) is 6.38. The van der Waals surface area contributed by atoms with Gasteiger partial charge < -0.3 is 10.1 Å². The minimum Gasteiger partial charge on any atom is -0.445 e. The summed E-state index contributed by atoms with van der Waals surface area (Å²) in [6.07, 6.45) is 2.26. The Labute approximate surface area is 130 Å². The lowest BCUT2D eigenvalue weighted by Crippen LogP contribution is -2.54. The molecule has 2 amide bonds. The zero-order valence-electron chi connectivity index (χ0n) is 12.8. The van der Waals surface area contributed by atoms with Crippen LogP contribution in [0.15, 0.2) is 30.3 Å². The monoisotopic (exact) mass is 302 g/mol. The molecule has 0 aromatic heterocycles. The zero-order chi connectivity index (χ0) is 15.5. The Morgan fingerprint density at radius 1 is 1.32 bits per heavy atom. The number of carbonyl (C=O) groups excluding carboxylic acids is 2. The minimum absolute atomic E-state index is 0.0503. The van der Waals surface area contributed by atoms with Crippen LogP contribution in [0.25, 0.3) is 0 Å². The van der Waals surface area contributed by atoms with Gasteiger partial charge in [0.2, 0.25) is 5.91 Å². The van der Waals surface area contributed by atoms with Crippen LogP contribution >= 0.6 is 0 Å². The van der Waals surface area contributed by atoms with E-state index >= 15 is 0 Å². The Morgan fingerprint density at radius 2 is 2.09 bits per heavy atom. The third kappa shape index (κ3) is 2.93. The van der Waals surface area contributed by atoms with Gasteiger partial charge in [-0.3, -0.25) is 9.69 Å². The molecular formula is C17H22N2O3. The number of ether oxygens (including phenoxy) is 1. The number of fused-ring (bicyclic) bond motifs is 2. The maximum absolute atomic E-state index is 12.6. The summed E-state index contributed by atoms with van der Waals surface area (Å²) in [6, 6.07) is 9.31. The highest BCUT2D eigenvalue weighted by Gasteiger charge is 2.43. The fourth-order valence-electron chi connectivity index (χ4n) is 3.42. The van der Waals surface area contributed by atoms with Crippen molar-refractivity contribution in [3.8, 4) is 0 Å². The predicted octanol–water partition coefficient (Wildman–Crippen LogP) is 2.31. The summed E-state index contributed by atoms with van der Waals surface area (Å²) in [6.45, 7) is 2.95. The van der Waals surface area contributed by atoms with E-state index < -0.39 is 0 Å². The number of amides is 2. The van der Waals surface area contributed by atoms with Crippen LogP contribution in [-0.2, 0) is 16.1 Å². The van der Waals surface area contributed by atoms with Crippen LogP contribution in [-0.4, -0.2) is 35.5 Å². The summed E-state index contributed by atoms with van der Waals surface area (Å²) < 4.78 is 5.46. The quantitative estimate of drug-likeness (QED) is 0.912. The summed E-state index contributed by atoms with van der Waals surface area (Å²) in [5, 5.41) is 2.94. The molecule has 0 aliphatic carbocycles. The van der Waals surface area contributed by atoms with E-state index in [0.717, 1.165) is 24.8 Å². The van der Waals surface area contributed by atoms with E-state index in [0.29, 0.717) is 6.54 Å². The molecule has 3 atom stereocenters. The third-order valence-electron chi connectivity index (χ3n) is 4.64. The van der Waals surface area contributed by atoms with Crippen LogP contribution in [0, 0.1) is 5.92 Å². The summed E-state index contributed by atoms with van der Waals surface area (Å²) in [4.78, 5) is 26.4. The summed E-state index contributed by atoms with van der Waals surface area (Å²) >= 11 is 0. The Hall–Kier alpha value is -2.04. The number of piperidine rings is 1.